The molecule has 1 aliphatic carbocycles. The van der Waals surface area contributed by atoms with Crippen molar-refractivity contribution in [3.8, 4) is 5.75 Å². The maximum Gasteiger partial charge on any atom is 0.142 e. The molecule has 0 amide bonds. The Hall–Kier alpha value is -1.22. The van der Waals surface area contributed by atoms with Crippen molar-refractivity contribution in [2.75, 3.05) is 12.4 Å². The van der Waals surface area contributed by atoms with E-state index in [0.717, 1.165) is 24.3 Å². The molecule has 1 aliphatic rings. The molecule has 1 N–H and O–H groups in total. The van der Waals surface area contributed by atoms with Gasteiger partial charge < -0.3 is 14.8 Å². The van der Waals surface area contributed by atoms with Crippen molar-refractivity contribution >= 4 is 5.69 Å². The smallest absolute Gasteiger partial charge is 0.142 e. The minimum atomic E-state index is 0.188. The zero-order chi connectivity index (χ0) is 13.7. The van der Waals surface area contributed by atoms with Crippen LogP contribution in [0.15, 0.2) is 24.3 Å². The topological polar surface area (TPSA) is 30.5 Å². The lowest BCUT2D eigenvalue weighted by Gasteiger charge is -2.32. The SMILES string of the molecule is COC1CCCCC1Nc1ccccc1OC(C)C. The molecule has 1 fully saturated rings. The highest BCUT2D eigenvalue weighted by Crippen LogP contribution is 2.29. The molecule has 19 heavy (non-hydrogen) atoms. The largest absolute Gasteiger partial charge is 0.489 e. The molecule has 0 aliphatic heterocycles. The lowest BCUT2D eigenvalue weighted by atomic mass is 9.92. The maximum atomic E-state index is 5.85. The Labute approximate surface area is 116 Å². The van der Waals surface area contributed by atoms with Gasteiger partial charge in [0.2, 0.25) is 0 Å². The molecule has 0 heterocycles. The number of ether oxygens (including phenoxy) is 2. The van der Waals surface area contributed by atoms with E-state index in [1.165, 1.54) is 12.8 Å². The van der Waals surface area contributed by atoms with Crippen LogP contribution in [-0.4, -0.2) is 25.4 Å². The minimum Gasteiger partial charge on any atom is -0.489 e. The molecule has 1 aromatic rings. The van der Waals surface area contributed by atoms with Gasteiger partial charge in [0.05, 0.1) is 23.9 Å². The summed E-state index contributed by atoms with van der Waals surface area (Å²) in [6.07, 6.45) is 5.33. The van der Waals surface area contributed by atoms with E-state index in [1.807, 2.05) is 18.2 Å². The number of para-hydroxylation sites is 2. The van der Waals surface area contributed by atoms with Crippen LogP contribution in [0.5, 0.6) is 5.75 Å². The first-order chi connectivity index (χ1) is 9.20. The van der Waals surface area contributed by atoms with Crippen molar-refractivity contribution < 1.29 is 9.47 Å². The van der Waals surface area contributed by atoms with E-state index in [2.05, 4.69) is 25.2 Å². The Kier molecular flexibility index (Phi) is 5.08. The van der Waals surface area contributed by atoms with E-state index >= 15 is 0 Å². The standard InChI is InChI=1S/C16H25NO2/c1-12(2)19-16-11-7-5-9-14(16)17-13-8-4-6-10-15(13)18-3/h5,7,9,11-13,15,17H,4,6,8,10H2,1-3H3. The molecule has 0 bridgehead atoms. The van der Waals surface area contributed by atoms with E-state index in [0.29, 0.717) is 12.1 Å². The summed E-state index contributed by atoms with van der Waals surface area (Å²) in [7, 11) is 1.81. The number of nitrogens with one attached hydrogen (secondary N) is 1. The highest BCUT2D eigenvalue weighted by atomic mass is 16.5. The first-order valence-electron chi connectivity index (χ1n) is 7.25. The van der Waals surface area contributed by atoms with E-state index in [-0.39, 0.29) is 6.10 Å². The summed E-state index contributed by atoms with van der Waals surface area (Å²) < 4.78 is 11.4. The molecular weight excluding hydrogens is 238 g/mol. The second kappa shape index (κ2) is 6.80. The van der Waals surface area contributed by atoms with Gasteiger partial charge in [-0.25, -0.2) is 0 Å². The Bertz CT molecular complexity index is 392. The van der Waals surface area contributed by atoms with Crippen molar-refractivity contribution in [2.45, 2.75) is 57.8 Å². The molecule has 1 saturated carbocycles. The number of hydrogen-bond donors (Lipinski definition) is 1. The molecule has 0 spiro atoms. The van der Waals surface area contributed by atoms with Crippen molar-refractivity contribution in [1.29, 1.82) is 0 Å². The average molecular weight is 263 g/mol. The molecule has 2 rings (SSSR count). The summed E-state index contributed by atoms with van der Waals surface area (Å²) >= 11 is 0. The quantitative estimate of drug-likeness (QED) is 0.875. The van der Waals surface area contributed by atoms with Crippen LogP contribution >= 0.6 is 0 Å². The van der Waals surface area contributed by atoms with Crippen LogP contribution in [0.25, 0.3) is 0 Å². The summed E-state index contributed by atoms with van der Waals surface area (Å²) in [4.78, 5) is 0. The first-order valence-corrected chi connectivity index (χ1v) is 7.25. The molecule has 0 saturated heterocycles. The van der Waals surface area contributed by atoms with Gasteiger partial charge in [-0.2, -0.15) is 0 Å². The Morgan fingerprint density at radius 3 is 2.63 bits per heavy atom. The fourth-order valence-corrected chi connectivity index (χ4v) is 2.69. The molecule has 106 valence electrons. The number of benzene rings is 1. The molecule has 0 aromatic heterocycles. The van der Waals surface area contributed by atoms with Crippen LogP contribution < -0.4 is 10.1 Å². The van der Waals surface area contributed by atoms with Gasteiger partial charge in [0.25, 0.3) is 0 Å². The fourth-order valence-electron chi connectivity index (χ4n) is 2.69. The Morgan fingerprint density at radius 1 is 1.16 bits per heavy atom. The average Bonchev–Trinajstić information content (AvgIpc) is 2.41. The summed E-state index contributed by atoms with van der Waals surface area (Å²) in [6, 6.07) is 8.54. The third-order valence-electron chi connectivity index (χ3n) is 3.60. The monoisotopic (exact) mass is 263 g/mol. The van der Waals surface area contributed by atoms with Crippen LogP contribution in [0, 0.1) is 0 Å². The molecule has 3 nitrogen and oxygen atoms in total. The molecule has 1 aromatic carbocycles. The summed E-state index contributed by atoms with van der Waals surface area (Å²) in [5, 5.41) is 3.61. The van der Waals surface area contributed by atoms with Gasteiger partial charge in [0.15, 0.2) is 0 Å². The van der Waals surface area contributed by atoms with Crippen molar-refractivity contribution in [2.24, 2.45) is 0 Å². The molecule has 0 radical (unpaired) electrons. The van der Waals surface area contributed by atoms with E-state index in [4.69, 9.17) is 9.47 Å². The number of methoxy groups -OCH3 is 1. The minimum absolute atomic E-state index is 0.188. The summed E-state index contributed by atoms with van der Waals surface area (Å²) in [5.41, 5.74) is 1.07. The van der Waals surface area contributed by atoms with Gasteiger partial charge in [-0.15, -0.1) is 0 Å². The highest BCUT2D eigenvalue weighted by Gasteiger charge is 2.25. The van der Waals surface area contributed by atoms with Gasteiger partial charge in [-0.1, -0.05) is 25.0 Å². The van der Waals surface area contributed by atoms with E-state index < -0.39 is 0 Å². The normalized spacial score (nSPS) is 23.4. The van der Waals surface area contributed by atoms with Crippen LogP contribution in [0.2, 0.25) is 0 Å². The van der Waals surface area contributed by atoms with Crippen LogP contribution in [-0.2, 0) is 4.74 Å². The Morgan fingerprint density at radius 2 is 1.89 bits per heavy atom. The van der Waals surface area contributed by atoms with E-state index in [9.17, 15) is 0 Å². The van der Waals surface area contributed by atoms with Gasteiger partial charge in [-0.3, -0.25) is 0 Å². The molecule has 2 unspecified atom stereocenters. The number of anilines is 1. The zero-order valence-electron chi connectivity index (χ0n) is 12.2. The van der Waals surface area contributed by atoms with Gasteiger partial charge in [0, 0.05) is 7.11 Å². The van der Waals surface area contributed by atoms with Crippen LogP contribution in [0.1, 0.15) is 39.5 Å². The zero-order valence-corrected chi connectivity index (χ0v) is 12.2. The van der Waals surface area contributed by atoms with Crippen LogP contribution in [0.4, 0.5) is 5.69 Å². The first kappa shape index (κ1) is 14.2. The predicted octanol–water partition coefficient (Wildman–Crippen LogP) is 3.84. The summed E-state index contributed by atoms with van der Waals surface area (Å²) in [6.45, 7) is 4.10. The number of hydrogen-bond acceptors (Lipinski definition) is 3. The maximum absolute atomic E-state index is 5.85. The third-order valence-corrected chi connectivity index (χ3v) is 3.60. The molecular formula is C16H25NO2. The second-order valence-electron chi connectivity index (χ2n) is 5.47. The van der Waals surface area contributed by atoms with Gasteiger partial charge in [-0.05, 0) is 38.8 Å². The van der Waals surface area contributed by atoms with Crippen molar-refractivity contribution in [3.05, 3.63) is 24.3 Å². The lowest BCUT2D eigenvalue weighted by molar-refractivity contribution is 0.0605. The van der Waals surface area contributed by atoms with Crippen molar-refractivity contribution in [3.63, 3.8) is 0 Å². The second-order valence-corrected chi connectivity index (χ2v) is 5.47. The number of rotatable bonds is 5. The molecule has 2 atom stereocenters. The molecule has 3 heteroatoms. The highest BCUT2D eigenvalue weighted by molar-refractivity contribution is 5.57. The predicted molar refractivity (Wildman–Crippen MR) is 78.9 cm³/mol. The lowest BCUT2D eigenvalue weighted by Crippen LogP contribution is -2.37. The summed E-state index contributed by atoms with van der Waals surface area (Å²) in [5.74, 6) is 0.929. The Balaban J connectivity index is 2.08. The van der Waals surface area contributed by atoms with Crippen molar-refractivity contribution in [1.82, 2.24) is 0 Å². The van der Waals surface area contributed by atoms with Crippen LogP contribution in [0.3, 0.4) is 0 Å². The fraction of sp³-hybridized carbons (Fsp3) is 0.625. The van der Waals surface area contributed by atoms with E-state index in [1.54, 1.807) is 7.11 Å². The third kappa shape index (κ3) is 3.87. The van der Waals surface area contributed by atoms with Gasteiger partial charge in [0.1, 0.15) is 5.75 Å². The van der Waals surface area contributed by atoms with Gasteiger partial charge >= 0.3 is 0 Å².